The molecule has 0 spiro atoms. The number of hydrogen-bond donors (Lipinski definition) is 1. The number of halogens is 5. The van der Waals surface area contributed by atoms with Crippen LogP contribution in [0.4, 0.5) is 17.6 Å². The maximum atomic E-state index is 12.1. The summed E-state index contributed by atoms with van der Waals surface area (Å²) in [5.41, 5.74) is 0. The molecule has 0 rings (SSSR count). The second-order valence-electron chi connectivity index (χ2n) is 1.60. The van der Waals surface area contributed by atoms with Crippen LogP contribution >= 0.6 is 22.6 Å². The van der Waals surface area contributed by atoms with Crippen molar-refractivity contribution in [3.8, 4) is 0 Å². The van der Waals surface area contributed by atoms with Gasteiger partial charge in [-0.1, -0.05) is 22.6 Å². The molecule has 0 bridgehead atoms. The van der Waals surface area contributed by atoms with Crippen LogP contribution in [-0.2, 0) is 11.1 Å². The topological polar surface area (TPSA) is 37.3 Å². The molecule has 0 saturated heterocycles. The second-order valence-corrected chi connectivity index (χ2v) is 3.38. The average Bonchev–Trinajstić information content (AvgIpc) is 1.87. The molecule has 0 aromatic heterocycles. The minimum atomic E-state index is -4.87. The van der Waals surface area contributed by atoms with E-state index in [4.69, 9.17) is 4.55 Å². The molecule has 0 aliphatic rings. The summed E-state index contributed by atoms with van der Waals surface area (Å²) in [5, 5.41) is -4.87. The highest BCUT2D eigenvalue weighted by molar-refractivity contribution is 14.1. The fraction of sp³-hybridized carbons (Fsp3) is 1.00. The van der Waals surface area contributed by atoms with Crippen molar-refractivity contribution < 1.29 is 26.3 Å². The highest BCUT2D eigenvalue weighted by Gasteiger charge is 2.60. The molecule has 1 N–H and O–H groups in total. The number of hydrogen-bond acceptors (Lipinski definition) is 1. The lowest BCUT2D eigenvalue weighted by molar-refractivity contribution is -0.138. The van der Waals surface area contributed by atoms with Crippen molar-refractivity contribution in [2.75, 3.05) is 4.43 Å². The van der Waals surface area contributed by atoms with Crippen LogP contribution < -0.4 is 0 Å². The fourth-order valence-corrected chi connectivity index (χ4v) is 1.27. The summed E-state index contributed by atoms with van der Waals surface area (Å²) < 4.78 is 64.5. The van der Waals surface area contributed by atoms with Crippen LogP contribution in [0.1, 0.15) is 0 Å². The van der Waals surface area contributed by atoms with Crippen molar-refractivity contribution in [2.45, 2.75) is 11.2 Å². The Bertz CT molecular complexity index is 173. The summed E-state index contributed by atoms with van der Waals surface area (Å²) in [6, 6.07) is 0. The molecular weight excluding hydrogens is 303 g/mol. The minimum Gasteiger partial charge on any atom is -0.301 e. The summed E-state index contributed by atoms with van der Waals surface area (Å²) in [6.07, 6.45) is 0. The van der Waals surface area contributed by atoms with E-state index in [9.17, 15) is 21.8 Å². The quantitative estimate of drug-likeness (QED) is 0.374. The van der Waals surface area contributed by atoms with Crippen LogP contribution in [0.3, 0.4) is 0 Å². The van der Waals surface area contributed by atoms with Crippen molar-refractivity contribution in [3.05, 3.63) is 0 Å². The normalized spacial score (nSPS) is 16.5. The van der Waals surface area contributed by atoms with Crippen LogP contribution in [0.2, 0.25) is 0 Å². The Morgan fingerprint density at radius 1 is 1.36 bits per heavy atom. The summed E-state index contributed by atoms with van der Waals surface area (Å²) in [4.78, 5) is 0. The lowest BCUT2D eigenvalue weighted by Crippen LogP contribution is -2.45. The molecule has 1 atom stereocenters. The maximum absolute atomic E-state index is 12.1. The van der Waals surface area contributed by atoms with E-state index in [0.717, 1.165) is 22.6 Å². The first-order chi connectivity index (χ1) is 4.75. The zero-order chi connectivity index (χ0) is 9.28. The highest BCUT2D eigenvalue weighted by atomic mass is 127. The van der Waals surface area contributed by atoms with Gasteiger partial charge in [0.2, 0.25) is 11.1 Å². The molecule has 0 aliphatic carbocycles. The van der Waals surface area contributed by atoms with E-state index in [1.165, 1.54) is 0 Å². The molecule has 0 aliphatic heterocycles. The predicted molar refractivity (Wildman–Crippen MR) is 39.6 cm³/mol. The minimum absolute atomic E-state index is 1.01. The molecule has 0 amide bonds. The molecule has 0 aromatic rings. The van der Waals surface area contributed by atoms with Crippen LogP contribution in [0, 0.1) is 0 Å². The molecule has 0 saturated carbocycles. The SMILES string of the molecule is O=S(O)C(F)(F)C(F)(F)CI. The van der Waals surface area contributed by atoms with Gasteiger partial charge in [0, 0.05) is 0 Å². The van der Waals surface area contributed by atoms with Crippen molar-refractivity contribution in [1.82, 2.24) is 0 Å². The molecule has 1 unspecified atom stereocenters. The standard InChI is InChI=1S/C3H3F4IO2S/c4-2(5,1-8)3(6,7)11(9)10/h1H2,(H,9,10). The zero-order valence-corrected chi connectivity index (χ0v) is 7.83. The third-order valence-electron chi connectivity index (χ3n) is 0.813. The highest BCUT2D eigenvalue weighted by Crippen LogP contribution is 2.37. The second kappa shape index (κ2) is 3.52. The summed E-state index contributed by atoms with van der Waals surface area (Å²) in [7, 11) is 0. The molecule has 0 aromatic carbocycles. The predicted octanol–water partition coefficient (Wildman–Crippen LogP) is 1.87. The molecule has 0 radical (unpaired) electrons. The first kappa shape index (κ1) is 11.6. The first-order valence-corrected chi connectivity index (χ1v) is 4.81. The molecular formula is C3H3F4IO2S. The molecule has 0 fully saturated rings. The van der Waals surface area contributed by atoms with Gasteiger partial charge < -0.3 is 4.55 Å². The van der Waals surface area contributed by atoms with E-state index < -0.39 is 26.7 Å². The maximum Gasteiger partial charge on any atom is 0.407 e. The van der Waals surface area contributed by atoms with Gasteiger partial charge in [0.15, 0.2) is 0 Å². The summed E-state index contributed by atoms with van der Waals surface area (Å²) >= 11 is -2.82. The third kappa shape index (κ3) is 2.25. The van der Waals surface area contributed by atoms with Gasteiger partial charge >= 0.3 is 11.2 Å². The Hall–Kier alpha value is 0.560. The lowest BCUT2D eigenvalue weighted by atomic mass is 10.4. The third-order valence-corrected chi connectivity index (χ3v) is 2.51. The molecule has 0 heterocycles. The molecule has 11 heavy (non-hydrogen) atoms. The van der Waals surface area contributed by atoms with Gasteiger partial charge in [-0.05, 0) is 0 Å². The largest absolute Gasteiger partial charge is 0.407 e. The van der Waals surface area contributed by atoms with Gasteiger partial charge in [-0.15, -0.1) is 0 Å². The first-order valence-electron chi connectivity index (χ1n) is 2.18. The van der Waals surface area contributed by atoms with Gasteiger partial charge in [-0.3, -0.25) is 0 Å². The average molecular weight is 306 g/mol. The van der Waals surface area contributed by atoms with Crippen LogP contribution in [0.25, 0.3) is 0 Å². The fourth-order valence-electron chi connectivity index (χ4n) is 0.206. The van der Waals surface area contributed by atoms with E-state index in [-0.39, 0.29) is 0 Å². The summed E-state index contributed by atoms with van der Waals surface area (Å²) in [6.45, 7) is 0. The Morgan fingerprint density at radius 3 is 1.82 bits per heavy atom. The van der Waals surface area contributed by atoms with E-state index >= 15 is 0 Å². The van der Waals surface area contributed by atoms with E-state index in [1.54, 1.807) is 0 Å². The smallest absolute Gasteiger partial charge is 0.301 e. The Morgan fingerprint density at radius 2 is 1.73 bits per heavy atom. The van der Waals surface area contributed by atoms with Crippen LogP contribution in [0.15, 0.2) is 0 Å². The Kier molecular flexibility index (Phi) is 3.70. The van der Waals surface area contributed by atoms with Crippen molar-refractivity contribution in [3.63, 3.8) is 0 Å². The number of alkyl halides is 5. The van der Waals surface area contributed by atoms with E-state index in [0.29, 0.717) is 0 Å². The molecule has 2 nitrogen and oxygen atoms in total. The Balaban J connectivity index is 4.67. The summed E-state index contributed by atoms with van der Waals surface area (Å²) in [5.74, 6) is -4.44. The molecule has 8 heteroatoms. The van der Waals surface area contributed by atoms with Crippen LogP contribution in [-0.4, -0.2) is 24.4 Å². The van der Waals surface area contributed by atoms with Gasteiger partial charge in [0.25, 0.3) is 0 Å². The van der Waals surface area contributed by atoms with Crippen molar-refractivity contribution in [1.29, 1.82) is 0 Å². The van der Waals surface area contributed by atoms with Gasteiger partial charge in [-0.2, -0.15) is 17.6 Å². The van der Waals surface area contributed by atoms with Gasteiger partial charge in [-0.25, -0.2) is 4.21 Å². The van der Waals surface area contributed by atoms with Crippen molar-refractivity contribution >= 4 is 33.7 Å². The van der Waals surface area contributed by atoms with Gasteiger partial charge in [0.05, 0.1) is 4.43 Å². The zero-order valence-electron chi connectivity index (χ0n) is 4.86. The van der Waals surface area contributed by atoms with E-state index in [1.807, 2.05) is 0 Å². The van der Waals surface area contributed by atoms with Crippen LogP contribution in [0.5, 0.6) is 0 Å². The van der Waals surface area contributed by atoms with Gasteiger partial charge in [0.1, 0.15) is 0 Å². The molecule has 68 valence electrons. The lowest BCUT2D eigenvalue weighted by Gasteiger charge is -2.20. The van der Waals surface area contributed by atoms with E-state index in [2.05, 4.69) is 0 Å². The Labute approximate surface area is 75.8 Å². The number of rotatable bonds is 3. The monoisotopic (exact) mass is 306 g/mol. The van der Waals surface area contributed by atoms with Crippen molar-refractivity contribution in [2.24, 2.45) is 0 Å².